The largest absolute Gasteiger partial charge is 0.330 e. The second-order valence-corrected chi connectivity index (χ2v) is 4.64. The first kappa shape index (κ1) is 9.72. The Morgan fingerprint density at radius 3 is 2.94 bits per heavy atom. The van der Waals surface area contributed by atoms with Gasteiger partial charge in [-0.3, -0.25) is 0 Å². The molecule has 5 heteroatoms. The molecule has 2 aromatic rings. The van der Waals surface area contributed by atoms with E-state index in [0.29, 0.717) is 0 Å². The summed E-state index contributed by atoms with van der Waals surface area (Å²) in [5.74, 6) is 0.931. The minimum absolute atomic E-state index is 0.250. The fourth-order valence-corrected chi connectivity index (χ4v) is 2.37. The van der Waals surface area contributed by atoms with E-state index >= 15 is 0 Å². The SMILES string of the molecule is NCC1(Cc2nnc3cccnn23)CCC1. The summed E-state index contributed by atoms with van der Waals surface area (Å²) in [5, 5.41) is 12.6. The van der Waals surface area contributed by atoms with Crippen molar-refractivity contribution in [2.24, 2.45) is 11.1 Å². The van der Waals surface area contributed by atoms with Crippen molar-refractivity contribution in [1.29, 1.82) is 0 Å². The van der Waals surface area contributed by atoms with E-state index in [1.807, 2.05) is 16.6 Å². The molecule has 5 nitrogen and oxygen atoms in total. The lowest BCUT2D eigenvalue weighted by atomic mass is 9.66. The number of aromatic nitrogens is 4. The van der Waals surface area contributed by atoms with Gasteiger partial charge >= 0.3 is 0 Å². The summed E-state index contributed by atoms with van der Waals surface area (Å²) in [7, 11) is 0. The van der Waals surface area contributed by atoms with Gasteiger partial charge in [0.1, 0.15) is 0 Å². The Kier molecular flexibility index (Phi) is 2.14. The van der Waals surface area contributed by atoms with Gasteiger partial charge in [-0.1, -0.05) is 6.42 Å². The summed E-state index contributed by atoms with van der Waals surface area (Å²) < 4.78 is 1.82. The molecule has 0 spiro atoms. The Balaban J connectivity index is 1.94. The number of fused-ring (bicyclic) bond motifs is 1. The van der Waals surface area contributed by atoms with Crippen LogP contribution in [0.1, 0.15) is 25.1 Å². The van der Waals surface area contributed by atoms with Crippen molar-refractivity contribution >= 4 is 5.65 Å². The lowest BCUT2D eigenvalue weighted by molar-refractivity contribution is 0.140. The van der Waals surface area contributed by atoms with Gasteiger partial charge in [-0.15, -0.1) is 10.2 Å². The van der Waals surface area contributed by atoms with Crippen molar-refractivity contribution in [1.82, 2.24) is 19.8 Å². The van der Waals surface area contributed by atoms with Gasteiger partial charge in [-0.05, 0) is 36.9 Å². The number of hydrogen-bond donors (Lipinski definition) is 1. The van der Waals surface area contributed by atoms with Crippen molar-refractivity contribution in [3.63, 3.8) is 0 Å². The second kappa shape index (κ2) is 3.52. The van der Waals surface area contributed by atoms with Crippen LogP contribution >= 0.6 is 0 Å². The minimum Gasteiger partial charge on any atom is -0.330 e. The molecule has 1 saturated carbocycles. The topological polar surface area (TPSA) is 69.1 Å². The maximum absolute atomic E-state index is 5.85. The molecule has 0 saturated heterocycles. The quantitative estimate of drug-likeness (QED) is 0.825. The van der Waals surface area contributed by atoms with E-state index in [2.05, 4.69) is 15.3 Å². The average molecular weight is 217 g/mol. The van der Waals surface area contributed by atoms with Gasteiger partial charge in [0.15, 0.2) is 11.5 Å². The Morgan fingerprint density at radius 1 is 1.38 bits per heavy atom. The van der Waals surface area contributed by atoms with E-state index in [4.69, 9.17) is 5.73 Å². The predicted octanol–water partition coefficient (Wildman–Crippen LogP) is 0.796. The maximum Gasteiger partial charge on any atom is 0.177 e. The molecule has 0 bridgehead atoms. The van der Waals surface area contributed by atoms with Gasteiger partial charge in [0.25, 0.3) is 0 Å². The van der Waals surface area contributed by atoms with Crippen molar-refractivity contribution in [2.45, 2.75) is 25.7 Å². The molecule has 84 valence electrons. The van der Waals surface area contributed by atoms with Crippen LogP contribution in [0.15, 0.2) is 18.3 Å². The molecule has 3 rings (SSSR count). The number of nitrogens with two attached hydrogens (primary N) is 1. The first-order valence-electron chi connectivity index (χ1n) is 5.68. The molecule has 1 aliphatic rings. The molecule has 0 aliphatic heterocycles. The zero-order valence-electron chi connectivity index (χ0n) is 9.13. The molecule has 1 aliphatic carbocycles. The Labute approximate surface area is 93.7 Å². The fraction of sp³-hybridized carbons (Fsp3) is 0.545. The normalized spacial score (nSPS) is 18.6. The highest BCUT2D eigenvalue weighted by Gasteiger charge is 2.37. The Hall–Kier alpha value is -1.49. The van der Waals surface area contributed by atoms with E-state index in [0.717, 1.165) is 24.4 Å². The fourth-order valence-electron chi connectivity index (χ4n) is 2.37. The van der Waals surface area contributed by atoms with Gasteiger partial charge < -0.3 is 5.73 Å². The summed E-state index contributed by atoms with van der Waals surface area (Å²) in [6, 6.07) is 3.79. The summed E-state index contributed by atoms with van der Waals surface area (Å²) in [5.41, 5.74) is 6.91. The van der Waals surface area contributed by atoms with E-state index in [9.17, 15) is 0 Å². The summed E-state index contributed by atoms with van der Waals surface area (Å²) in [6.45, 7) is 0.731. The minimum atomic E-state index is 0.250. The third-order valence-corrected chi connectivity index (χ3v) is 3.62. The van der Waals surface area contributed by atoms with Crippen molar-refractivity contribution in [2.75, 3.05) is 6.54 Å². The first-order valence-corrected chi connectivity index (χ1v) is 5.68. The first-order chi connectivity index (χ1) is 7.83. The monoisotopic (exact) mass is 217 g/mol. The number of hydrogen-bond acceptors (Lipinski definition) is 4. The molecule has 16 heavy (non-hydrogen) atoms. The Morgan fingerprint density at radius 2 is 2.25 bits per heavy atom. The lowest BCUT2D eigenvalue weighted by Gasteiger charge is -2.40. The van der Waals surface area contributed by atoms with Crippen molar-refractivity contribution in [3.8, 4) is 0 Å². The maximum atomic E-state index is 5.85. The molecule has 1 fully saturated rings. The molecule has 0 amide bonds. The molecule has 0 radical (unpaired) electrons. The zero-order valence-corrected chi connectivity index (χ0v) is 9.13. The van der Waals surface area contributed by atoms with Crippen LogP contribution in [0, 0.1) is 5.41 Å². The van der Waals surface area contributed by atoms with Gasteiger partial charge in [0.05, 0.1) is 0 Å². The van der Waals surface area contributed by atoms with Crippen LogP contribution in [0.4, 0.5) is 0 Å². The second-order valence-electron chi connectivity index (χ2n) is 4.64. The van der Waals surface area contributed by atoms with Crippen LogP contribution in [-0.2, 0) is 6.42 Å². The summed E-state index contributed by atoms with van der Waals surface area (Å²) in [6.07, 6.45) is 6.33. The van der Waals surface area contributed by atoms with E-state index in [-0.39, 0.29) is 5.41 Å². The molecular formula is C11H15N5. The van der Waals surface area contributed by atoms with Crippen molar-refractivity contribution < 1.29 is 0 Å². The highest BCUT2D eigenvalue weighted by atomic mass is 15.4. The molecule has 0 aromatic carbocycles. The number of rotatable bonds is 3. The molecular weight excluding hydrogens is 202 g/mol. The molecule has 0 atom stereocenters. The summed E-state index contributed by atoms with van der Waals surface area (Å²) in [4.78, 5) is 0. The highest BCUT2D eigenvalue weighted by molar-refractivity contribution is 5.34. The van der Waals surface area contributed by atoms with E-state index in [1.165, 1.54) is 19.3 Å². The van der Waals surface area contributed by atoms with Gasteiger partial charge in [0, 0.05) is 12.6 Å². The molecule has 0 unspecified atom stereocenters. The van der Waals surface area contributed by atoms with Gasteiger partial charge in [-0.25, -0.2) is 0 Å². The standard InChI is InChI=1S/C11H15N5/c12-8-11(4-2-5-11)7-10-15-14-9-3-1-6-13-16(9)10/h1,3,6H,2,4-5,7-8,12H2. The van der Waals surface area contributed by atoms with Gasteiger partial charge in [-0.2, -0.15) is 9.61 Å². The number of nitrogens with zero attached hydrogens (tertiary/aromatic N) is 4. The predicted molar refractivity (Wildman–Crippen MR) is 59.8 cm³/mol. The van der Waals surface area contributed by atoms with Crippen LogP contribution in [-0.4, -0.2) is 26.4 Å². The zero-order chi connectivity index (χ0) is 11.0. The molecule has 2 heterocycles. The summed E-state index contributed by atoms with van der Waals surface area (Å²) >= 11 is 0. The Bertz CT molecular complexity index is 494. The highest BCUT2D eigenvalue weighted by Crippen LogP contribution is 2.42. The van der Waals surface area contributed by atoms with Crippen LogP contribution in [0.2, 0.25) is 0 Å². The van der Waals surface area contributed by atoms with Crippen LogP contribution in [0.25, 0.3) is 5.65 Å². The van der Waals surface area contributed by atoms with Crippen LogP contribution < -0.4 is 5.73 Å². The van der Waals surface area contributed by atoms with E-state index < -0.39 is 0 Å². The third-order valence-electron chi connectivity index (χ3n) is 3.62. The molecule has 2 aromatic heterocycles. The third kappa shape index (κ3) is 1.39. The van der Waals surface area contributed by atoms with Crippen molar-refractivity contribution in [3.05, 3.63) is 24.2 Å². The van der Waals surface area contributed by atoms with Crippen LogP contribution in [0.3, 0.4) is 0 Å². The van der Waals surface area contributed by atoms with Crippen LogP contribution in [0.5, 0.6) is 0 Å². The molecule has 2 N–H and O–H groups in total. The smallest absolute Gasteiger partial charge is 0.177 e. The lowest BCUT2D eigenvalue weighted by Crippen LogP contribution is -2.39. The van der Waals surface area contributed by atoms with E-state index in [1.54, 1.807) is 6.20 Å². The van der Waals surface area contributed by atoms with Gasteiger partial charge in [0.2, 0.25) is 0 Å². The average Bonchev–Trinajstić information content (AvgIpc) is 2.67.